The van der Waals surface area contributed by atoms with Crippen LogP contribution in [-0.4, -0.2) is 32.5 Å². The van der Waals surface area contributed by atoms with E-state index in [1.165, 1.54) is 11.8 Å². The molecule has 122 valence electrons. The van der Waals surface area contributed by atoms with E-state index in [-0.39, 0.29) is 11.2 Å². The molecule has 0 bridgehead atoms. The molecule has 1 amide bonds. The third-order valence-corrected chi connectivity index (χ3v) is 4.34. The van der Waals surface area contributed by atoms with Crippen molar-refractivity contribution < 1.29 is 4.79 Å². The zero-order chi connectivity index (χ0) is 16.7. The summed E-state index contributed by atoms with van der Waals surface area (Å²) < 4.78 is 1.98. The fraction of sp³-hybridized carbons (Fsp3) is 0.353. The van der Waals surface area contributed by atoms with Gasteiger partial charge in [0.25, 0.3) is 0 Å². The molecule has 1 aromatic heterocycles. The van der Waals surface area contributed by atoms with Gasteiger partial charge < -0.3 is 5.32 Å². The lowest BCUT2D eigenvalue weighted by Gasteiger charge is -2.12. The Morgan fingerprint density at radius 2 is 2.13 bits per heavy atom. The van der Waals surface area contributed by atoms with E-state index in [2.05, 4.69) is 22.1 Å². The average Bonchev–Trinajstić information content (AvgIpc) is 2.96. The number of hydrogen-bond acceptors (Lipinski definition) is 4. The number of benzene rings is 1. The molecule has 0 unspecified atom stereocenters. The summed E-state index contributed by atoms with van der Waals surface area (Å²) in [6.07, 6.45) is 2.73. The molecule has 0 aliphatic carbocycles. The van der Waals surface area contributed by atoms with Crippen LogP contribution >= 0.6 is 11.8 Å². The standard InChI is InChI=1S/C17H22N4OS/c1-4-11-18-16(22)13(3)23-17-20-19-15(21(17)12-5-2)14-9-7-6-8-10-14/h5-10,13H,2,4,11-12H2,1,3H3,(H,18,22)/t13-/m0/s1. The van der Waals surface area contributed by atoms with Gasteiger partial charge in [0, 0.05) is 18.7 Å². The van der Waals surface area contributed by atoms with E-state index in [9.17, 15) is 4.79 Å². The lowest BCUT2D eigenvalue weighted by Crippen LogP contribution is -2.31. The average molecular weight is 330 g/mol. The lowest BCUT2D eigenvalue weighted by molar-refractivity contribution is -0.120. The molecule has 2 aromatic rings. The van der Waals surface area contributed by atoms with Gasteiger partial charge in [-0.05, 0) is 13.3 Å². The quantitative estimate of drug-likeness (QED) is 0.597. The summed E-state index contributed by atoms with van der Waals surface area (Å²) in [5, 5.41) is 12.0. The largest absolute Gasteiger partial charge is 0.355 e. The Morgan fingerprint density at radius 1 is 1.39 bits per heavy atom. The van der Waals surface area contributed by atoms with Crippen molar-refractivity contribution in [3.63, 3.8) is 0 Å². The van der Waals surface area contributed by atoms with Crippen LogP contribution in [0.2, 0.25) is 0 Å². The second kappa shape index (κ2) is 8.53. The Labute approximate surface area is 141 Å². The Balaban J connectivity index is 2.21. The molecule has 5 nitrogen and oxygen atoms in total. The van der Waals surface area contributed by atoms with Crippen LogP contribution in [-0.2, 0) is 11.3 Å². The summed E-state index contributed by atoms with van der Waals surface area (Å²) in [5.41, 5.74) is 0.997. The molecular weight excluding hydrogens is 308 g/mol. The fourth-order valence-corrected chi connectivity index (χ4v) is 2.96. The van der Waals surface area contributed by atoms with Crippen molar-refractivity contribution in [2.75, 3.05) is 6.54 Å². The predicted octanol–water partition coefficient (Wildman–Crippen LogP) is 3.14. The van der Waals surface area contributed by atoms with Gasteiger partial charge in [0.15, 0.2) is 11.0 Å². The highest BCUT2D eigenvalue weighted by molar-refractivity contribution is 8.00. The molecule has 2 rings (SSSR count). The first-order valence-corrected chi connectivity index (χ1v) is 8.59. The number of allylic oxidation sites excluding steroid dienone is 1. The smallest absolute Gasteiger partial charge is 0.233 e. The molecule has 1 atom stereocenters. The van der Waals surface area contributed by atoms with E-state index in [0.29, 0.717) is 13.1 Å². The highest BCUT2D eigenvalue weighted by Crippen LogP contribution is 2.26. The Kier molecular flexibility index (Phi) is 6.40. The second-order valence-electron chi connectivity index (χ2n) is 5.12. The minimum absolute atomic E-state index is 0.0197. The van der Waals surface area contributed by atoms with Crippen molar-refractivity contribution in [2.24, 2.45) is 0 Å². The summed E-state index contributed by atoms with van der Waals surface area (Å²) in [6.45, 7) is 9.01. The van der Waals surface area contributed by atoms with Crippen LogP contribution in [0.25, 0.3) is 11.4 Å². The van der Waals surface area contributed by atoms with Crippen LogP contribution < -0.4 is 5.32 Å². The molecule has 0 saturated carbocycles. The molecule has 6 heteroatoms. The Hall–Kier alpha value is -2.08. The Bertz CT molecular complexity index is 654. The molecule has 0 aliphatic heterocycles. The molecular formula is C17H22N4OS. The number of carbonyl (C=O) groups excluding carboxylic acids is 1. The van der Waals surface area contributed by atoms with E-state index >= 15 is 0 Å². The van der Waals surface area contributed by atoms with Gasteiger partial charge in [0.05, 0.1) is 5.25 Å². The molecule has 1 N–H and O–H groups in total. The van der Waals surface area contributed by atoms with Gasteiger partial charge in [-0.2, -0.15) is 0 Å². The first-order chi connectivity index (χ1) is 11.2. The molecule has 0 aliphatic rings. The third kappa shape index (κ3) is 4.45. The van der Waals surface area contributed by atoms with Crippen LogP contribution in [0.1, 0.15) is 20.3 Å². The fourth-order valence-electron chi connectivity index (χ4n) is 2.07. The van der Waals surface area contributed by atoms with E-state index in [4.69, 9.17) is 0 Å². The third-order valence-electron chi connectivity index (χ3n) is 3.26. The molecule has 0 radical (unpaired) electrons. The van der Waals surface area contributed by atoms with Crippen LogP contribution in [0.4, 0.5) is 0 Å². The molecule has 0 saturated heterocycles. The van der Waals surface area contributed by atoms with Gasteiger partial charge >= 0.3 is 0 Å². The van der Waals surface area contributed by atoms with Crippen molar-refractivity contribution in [3.05, 3.63) is 43.0 Å². The van der Waals surface area contributed by atoms with Crippen molar-refractivity contribution in [2.45, 2.75) is 37.2 Å². The van der Waals surface area contributed by atoms with E-state index in [1.54, 1.807) is 0 Å². The van der Waals surface area contributed by atoms with Gasteiger partial charge in [-0.25, -0.2) is 0 Å². The number of thioether (sulfide) groups is 1. The highest BCUT2D eigenvalue weighted by Gasteiger charge is 2.19. The van der Waals surface area contributed by atoms with E-state index < -0.39 is 0 Å². The van der Waals surface area contributed by atoms with Crippen molar-refractivity contribution in [3.8, 4) is 11.4 Å². The number of nitrogens with one attached hydrogen (secondary N) is 1. The van der Waals surface area contributed by atoms with Gasteiger partial charge in [-0.15, -0.1) is 16.8 Å². The SMILES string of the molecule is C=CCn1c(S[C@@H](C)C(=O)NCCC)nnc1-c1ccccc1. The number of nitrogens with zero attached hydrogens (tertiary/aromatic N) is 3. The number of rotatable bonds is 8. The number of amides is 1. The predicted molar refractivity (Wildman–Crippen MR) is 94.3 cm³/mol. The maximum Gasteiger partial charge on any atom is 0.233 e. The molecule has 0 spiro atoms. The summed E-state index contributed by atoms with van der Waals surface area (Å²) in [4.78, 5) is 12.0. The molecule has 1 heterocycles. The summed E-state index contributed by atoms with van der Waals surface area (Å²) in [7, 11) is 0. The first kappa shape index (κ1) is 17.3. The summed E-state index contributed by atoms with van der Waals surface area (Å²) in [6, 6.07) is 9.89. The zero-order valence-corrected chi connectivity index (χ0v) is 14.3. The summed E-state index contributed by atoms with van der Waals surface area (Å²) >= 11 is 1.41. The highest BCUT2D eigenvalue weighted by atomic mass is 32.2. The minimum Gasteiger partial charge on any atom is -0.355 e. The lowest BCUT2D eigenvalue weighted by atomic mass is 10.2. The normalized spacial score (nSPS) is 11.9. The molecule has 0 fully saturated rings. The van der Waals surface area contributed by atoms with Crippen LogP contribution in [0.5, 0.6) is 0 Å². The first-order valence-electron chi connectivity index (χ1n) is 7.71. The maximum absolute atomic E-state index is 12.0. The second-order valence-corrected chi connectivity index (χ2v) is 6.43. The van der Waals surface area contributed by atoms with Gasteiger partial charge in [0.2, 0.25) is 5.91 Å². The van der Waals surface area contributed by atoms with E-state index in [0.717, 1.165) is 23.0 Å². The van der Waals surface area contributed by atoms with Crippen LogP contribution in [0.3, 0.4) is 0 Å². The van der Waals surface area contributed by atoms with Gasteiger partial charge in [0.1, 0.15) is 0 Å². The van der Waals surface area contributed by atoms with Gasteiger partial charge in [-0.3, -0.25) is 9.36 Å². The monoisotopic (exact) mass is 330 g/mol. The van der Waals surface area contributed by atoms with Gasteiger partial charge in [-0.1, -0.05) is 55.1 Å². The topological polar surface area (TPSA) is 59.8 Å². The maximum atomic E-state index is 12.0. The Morgan fingerprint density at radius 3 is 2.78 bits per heavy atom. The van der Waals surface area contributed by atoms with Crippen molar-refractivity contribution >= 4 is 17.7 Å². The molecule has 1 aromatic carbocycles. The zero-order valence-electron chi connectivity index (χ0n) is 13.5. The molecule has 23 heavy (non-hydrogen) atoms. The minimum atomic E-state index is -0.224. The summed E-state index contributed by atoms with van der Waals surface area (Å²) in [5.74, 6) is 0.806. The van der Waals surface area contributed by atoms with Crippen molar-refractivity contribution in [1.82, 2.24) is 20.1 Å². The number of hydrogen-bond donors (Lipinski definition) is 1. The van der Waals surface area contributed by atoms with Crippen LogP contribution in [0, 0.1) is 0 Å². The number of aromatic nitrogens is 3. The van der Waals surface area contributed by atoms with Crippen molar-refractivity contribution in [1.29, 1.82) is 0 Å². The van der Waals surface area contributed by atoms with E-state index in [1.807, 2.05) is 54.8 Å². The number of carbonyl (C=O) groups is 1. The van der Waals surface area contributed by atoms with Crippen LogP contribution in [0.15, 0.2) is 48.1 Å².